The molecular weight excluding hydrogens is 574 g/mol. The van der Waals surface area contributed by atoms with Crippen LogP contribution in [-0.4, -0.2) is 71.3 Å². The molecule has 2 aliphatic rings. The molecule has 2 heterocycles. The maximum absolute atomic E-state index is 13.7. The number of para-hydroxylation sites is 1. The summed E-state index contributed by atoms with van der Waals surface area (Å²) in [4.78, 5) is 29.7. The zero-order chi connectivity index (χ0) is 32.9. The number of nitrogens with zero attached hydrogens (tertiary/aromatic N) is 2. The van der Waals surface area contributed by atoms with Gasteiger partial charge in [-0.3, -0.25) is 4.90 Å². The SMILES string of the molecule is COc1ccc(COc2ccccc2C2=CC(C3=CCCN(C(=O)OC(C)(C)C)C3)=C(CO)C(N)N2C(=O)OC(C)(C)C)cc1. The Hall–Kier alpha value is -4.28. The Morgan fingerprint density at radius 2 is 1.60 bits per heavy atom. The average molecular weight is 620 g/mol. The second-order valence-corrected chi connectivity index (χ2v) is 13.0. The minimum absolute atomic E-state index is 0.256. The summed E-state index contributed by atoms with van der Waals surface area (Å²) in [7, 11) is 1.62. The van der Waals surface area contributed by atoms with Crippen LogP contribution in [0, 0.1) is 0 Å². The third-order valence-corrected chi connectivity index (χ3v) is 7.15. The molecule has 0 aliphatic carbocycles. The van der Waals surface area contributed by atoms with Gasteiger partial charge < -0.3 is 34.7 Å². The Bertz CT molecular complexity index is 1480. The van der Waals surface area contributed by atoms with E-state index in [2.05, 4.69) is 0 Å². The topological polar surface area (TPSA) is 124 Å². The second-order valence-electron chi connectivity index (χ2n) is 13.0. The van der Waals surface area contributed by atoms with Gasteiger partial charge in [-0.15, -0.1) is 0 Å². The van der Waals surface area contributed by atoms with Crippen LogP contribution in [0.15, 0.2) is 77.4 Å². The van der Waals surface area contributed by atoms with Crippen molar-refractivity contribution < 1.29 is 33.6 Å². The van der Waals surface area contributed by atoms with Gasteiger partial charge >= 0.3 is 12.2 Å². The van der Waals surface area contributed by atoms with Gasteiger partial charge in [0.15, 0.2) is 0 Å². The number of rotatable bonds is 7. The van der Waals surface area contributed by atoms with E-state index in [9.17, 15) is 14.7 Å². The monoisotopic (exact) mass is 619 g/mol. The van der Waals surface area contributed by atoms with Crippen molar-refractivity contribution in [2.45, 2.75) is 71.9 Å². The summed E-state index contributed by atoms with van der Waals surface area (Å²) in [5.41, 5.74) is 9.21. The van der Waals surface area contributed by atoms with E-state index in [4.69, 9.17) is 24.7 Å². The summed E-state index contributed by atoms with van der Waals surface area (Å²) >= 11 is 0. The molecule has 2 aliphatic heterocycles. The molecule has 3 N–H and O–H groups in total. The number of nitrogens with two attached hydrogens (primary N) is 1. The van der Waals surface area contributed by atoms with E-state index in [1.807, 2.05) is 81.5 Å². The zero-order valence-corrected chi connectivity index (χ0v) is 27.3. The first-order valence-corrected chi connectivity index (χ1v) is 15.1. The molecule has 2 aromatic rings. The summed E-state index contributed by atoms with van der Waals surface area (Å²) < 4.78 is 23.0. The lowest BCUT2D eigenvalue weighted by atomic mass is 9.89. The van der Waals surface area contributed by atoms with E-state index in [0.717, 1.165) is 16.9 Å². The Morgan fingerprint density at radius 1 is 0.956 bits per heavy atom. The lowest BCUT2D eigenvalue weighted by molar-refractivity contribution is 0.0263. The molecule has 10 heteroatoms. The number of ether oxygens (including phenoxy) is 4. The summed E-state index contributed by atoms with van der Waals surface area (Å²) in [5, 5.41) is 10.6. The highest BCUT2D eigenvalue weighted by Gasteiger charge is 2.38. The van der Waals surface area contributed by atoms with Crippen molar-refractivity contribution in [1.82, 2.24) is 9.80 Å². The fourth-order valence-electron chi connectivity index (χ4n) is 5.08. The Balaban J connectivity index is 1.76. The van der Waals surface area contributed by atoms with Gasteiger partial charge in [0.2, 0.25) is 0 Å². The van der Waals surface area contributed by atoms with Gasteiger partial charge in [0.25, 0.3) is 0 Å². The molecule has 0 aromatic heterocycles. The number of carbonyl (C=O) groups excluding carboxylic acids is 2. The number of allylic oxidation sites excluding steroid dienone is 1. The van der Waals surface area contributed by atoms with Crippen molar-refractivity contribution in [2.24, 2.45) is 5.73 Å². The van der Waals surface area contributed by atoms with Crippen LogP contribution in [0.3, 0.4) is 0 Å². The summed E-state index contributed by atoms with van der Waals surface area (Å²) in [6.07, 6.45) is 2.31. The van der Waals surface area contributed by atoms with E-state index >= 15 is 0 Å². The van der Waals surface area contributed by atoms with Crippen LogP contribution in [0.4, 0.5) is 9.59 Å². The number of methoxy groups -OCH3 is 1. The van der Waals surface area contributed by atoms with Crippen molar-refractivity contribution in [2.75, 3.05) is 26.8 Å². The molecule has 0 saturated carbocycles. The third-order valence-electron chi connectivity index (χ3n) is 7.15. The fraction of sp³-hybridized carbons (Fsp3) is 0.429. The lowest BCUT2D eigenvalue weighted by Crippen LogP contribution is -2.50. The number of amides is 2. The summed E-state index contributed by atoms with van der Waals surface area (Å²) in [6, 6.07) is 15.0. The molecule has 4 rings (SSSR count). The quantitative estimate of drug-likeness (QED) is 0.387. The molecule has 1 unspecified atom stereocenters. The number of aliphatic hydroxyl groups is 1. The molecule has 0 spiro atoms. The zero-order valence-electron chi connectivity index (χ0n) is 27.3. The van der Waals surface area contributed by atoms with Crippen molar-refractivity contribution in [3.8, 4) is 11.5 Å². The molecule has 0 bridgehead atoms. The molecule has 2 aromatic carbocycles. The molecule has 0 radical (unpaired) electrons. The number of hydrogen-bond acceptors (Lipinski definition) is 8. The van der Waals surface area contributed by atoms with Gasteiger partial charge in [-0.1, -0.05) is 30.3 Å². The minimum Gasteiger partial charge on any atom is -0.497 e. The molecule has 2 amide bonds. The Kier molecular flexibility index (Phi) is 10.3. The van der Waals surface area contributed by atoms with Crippen molar-refractivity contribution in [3.63, 3.8) is 0 Å². The first kappa shape index (κ1) is 33.6. The van der Waals surface area contributed by atoms with Gasteiger partial charge in [0.05, 0.1) is 19.4 Å². The van der Waals surface area contributed by atoms with Crippen LogP contribution < -0.4 is 15.2 Å². The standard InChI is InChI=1S/C35H45N3O7/c1-34(2,3)44-32(40)37-18-10-11-24(20-37)27-19-29(38(31(36)28(27)21-39)33(41)45-35(4,5)6)26-12-8-9-13-30(26)43-22-23-14-16-25(42-7)17-15-23/h8-9,11-17,19,31,39H,10,18,20-22,36H2,1-7H3. The minimum atomic E-state index is -1.05. The molecule has 1 atom stereocenters. The molecule has 45 heavy (non-hydrogen) atoms. The van der Waals surface area contributed by atoms with Gasteiger partial charge in [-0.2, -0.15) is 0 Å². The predicted octanol–water partition coefficient (Wildman–Crippen LogP) is 6.01. The van der Waals surface area contributed by atoms with Gasteiger partial charge in [0, 0.05) is 24.2 Å². The normalized spacial score (nSPS) is 17.4. The van der Waals surface area contributed by atoms with Gasteiger partial charge in [-0.05, 0) is 95.0 Å². The van der Waals surface area contributed by atoms with Crippen LogP contribution in [0.1, 0.15) is 59.1 Å². The maximum Gasteiger partial charge on any atom is 0.416 e. The maximum atomic E-state index is 13.7. The van der Waals surface area contributed by atoms with E-state index in [-0.39, 0.29) is 13.2 Å². The van der Waals surface area contributed by atoms with E-state index in [0.29, 0.717) is 41.1 Å². The van der Waals surface area contributed by atoms with Crippen molar-refractivity contribution in [1.29, 1.82) is 0 Å². The smallest absolute Gasteiger partial charge is 0.416 e. The predicted molar refractivity (Wildman–Crippen MR) is 172 cm³/mol. The second kappa shape index (κ2) is 13.8. The lowest BCUT2D eigenvalue weighted by Gasteiger charge is -2.39. The van der Waals surface area contributed by atoms with E-state index in [1.54, 1.807) is 32.8 Å². The third kappa shape index (κ3) is 8.46. The van der Waals surface area contributed by atoms with Crippen molar-refractivity contribution >= 4 is 17.9 Å². The number of benzene rings is 2. The molecule has 10 nitrogen and oxygen atoms in total. The number of carbonyl (C=O) groups is 2. The largest absolute Gasteiger partial charge is 0.497 e. The molecule has 0 saturated heterocycles. The van der Waals surface area contributed by atoms with E-state index in [1.165, 1.54) is 4.90 Å². The van der Waals surface area contributed by atoms with Crippen LogP contribution in [0.2, 0.25) is 0 Å². The highest BCUT2D eigenvalue weighted by molar-refractivity contribution is 5.88. The van der Waals surface area contributed by atoms with Crippen LogP contribution in [0.5, 0.6) is 11.5 Å². The van der Waals surface area contributed by atoms with Crippen LogP contribution >= 0.6 is 0 Å². The van der Waals surface area contributed by atoms with Gasteiger partial charge in [-0.25, -0.2) is 9.59 Å². The van der Waals surface area contributed by atoms with Gasteiger partial charge in [0.1, 0.15) is 35.5 Å². The molecule has 242 valence electrons. The van der Waals surface area contributed by atoms with Crippen LogP contribution in [-0.2, 0) is 16.1 Å². The molecule has 0 fully saturated rings. The highest BCUT2D eigenvalue weighted by atomic mass is 16.6. The Morgan fingerprint density at radius 3 is 2.22 bits per heavy atom. The first-order valence-electron chi connectivity index (χ1n) is 15.1. The Labute approximate surface area is 265 Å². The highest BCUT2D eigenvalue weighted by Crippen LogP contribution is 2.39. The summed E-state index contributed by atoms with van der Waals surface area (Å²) in [6.45, 7) is 11.4. The number of hydrogen-bond donors (Lipinski definition) is 2. The van der Waals surface area contributed by atoms with Crippen LogP contribution in [0.25, 0.3) is 5.70 Å². The number of aliphatic hydroxyl groups excluding tert-OH is 1. The summed E-state index contributed by atoms with van der Waals surface area (Å²) in [5.74, 6) is 1.27. The average Bonchev–Trinajstić information content (AvgIpc) is 2.98. The molecular formula is C35H45N3O7. The first-order chi connectivity index (χ1) is 21.2. The van der Waals surface area contributed by atoms with Crippen molar-refractivity contribution in [3.05, 3.63) is 88.5 Å². The van der Waals surface area contributed by atoms with E-state index < -0.39 is 36.2 Å². The fourth-order valence-corrected chi connectivity index (χ4v) is 5.08.